The van der Waals surface area contributed by atoms with Crippen LogP contribution < -0.4 is 4.74 Å². The van der Waals surface area contributed by atoms with Crippen molar-refractivity contribution in [3.05, 3.63) is 29.3 Å². The van der Waals surface area contributed by atoms with Crippen molar-refractivity contribution in [1.82, 2.24) is 9.80 Å². The summed E-state index contributed by atoms with van der Waals surface area (Å²) >= 11 is 6.01. The monoisotopic (exact) mass is 298 g/mol. The van der Waals surface area contributed by atoms with Gasteiger partial charge in [-0.1, -0.05) is 23.7 Å². The van der Waals surface area contributed by atoms with E-state index in [4.69, 9.17) is 21.4 Å². The number of rotatable bonds is 5. The molecule has 0 unspecified atom stereocenters. The minimum absolute atomic E-state index is 0.197. The molecular formula is C14H19ClN2O3. The summed E-state index contributed by atoms with van der Waals surface area (Å²) in [6.07, 6.45) is 0. The van der Waals surface area contributed by atoms with E-state index >= 15 is 0 Å². The quantitative estimate of drug-likeness (QED) is 0.876. The summed E-state index contributed by atoms with van der Waals surface area (Å²) in [6.45, 7) is 3.88. The first kappa shape index (κ1) is 15.1. The molecule has 0 atom stereocenters. The van der Waals surface area contributed by atoms with E-state index in [0.717, 1.165) is 19.6 Å². The lowest BCUT2D eigenvalue weighted by molar-refractivity contribution is -0.135. The Labute approximate surface area is 123 Å². The number of piperazine rings is 1. The lowest BCUT2D eigenvalue weighted by atomic mass is 10.3. The molecule has 6 heteroatoms. The Morgan fingerprint density at radius 2 is 1.95 bits per heavy atom. The molecule has 1 heterocycles. The van der Waals surface area contributed by atoms with Gasteiger partial charge in [-0.15, -0.1) is 0 Å². The number of amides is 1. The van der Waals surface area contributed by atoms with Crippen molar-refractivity contribution in [3.8, 4) is 5.75 Å². The molecule has 1 fully saturated rings. The number of hydrogen-bond donors (Lipinski definition) is 1. The van der Waals surface area contributed by atoms with Crippen molar-refractivity contribution >= 4 is 17.5 Å². The number of aliphatic hydroxyl groups is 1. The fourth-order valence-corrected chi connectivity index (χ4v) is 2.36. The summed E-state index contributed by atoms with van der Waals surface area (Å²) in [4.78, 5) is 15.2. The van der Waals surface area contributed by atoms with Gasteiger partial charge in [-0.3, -0.25) is 9.69 Å². The largest absolute Gasteiger partial charge is 0.491 e. The zero-order chi connectivity index (χ0) is 14.4. The minimum atomic E-state index is -0.407. The molecule has 20 heavy (non-hydrogen) atoms. The molecule has 1 amide bonds. The van der Waals surface area contributed by atoms with E-state index < -0.39 is 6.61 Å². The van der Waals surface area contributed by atoms with Crippen LogP contribution >= 0.6 is 11.6 Å². The number of carbonyl (C=O) groups excluding carboxylic acids is 1. The maximum atomic E-state index is 11.3. The molecule has 1 saturated heterocycles. The normalized spacial score (nSPS) is 16.2. The topological polar surface area (TPSA) is 53.0 Å². The van der Waals surface area contributed by atoms with E-state index in [0.29, 0.717) is 30.5 Å². The smallest absolute Gasteiger partial charge is 0.248 e. The van der Waals surface area contributed by atoms with Gasteiger partial charge >= 0.3 is 0 Å². The second kappa shape index (κ2) is 7.47. The molecule has 2 rings (SSSR count). The molecule has 1 aromatic rings. The number of ether oxygens (including phenoxy) is 1. The fraction of sp³-hybridized carbons (Fsp3) is 0.500. The first-order valence-electron chi connectivity index (χ1n) is 6.69. The van der Waals surface area contributed by atoms with Crippen LogP contribution in [0, 0.1) is 0 Å². The summed E-state index contributed by atoms with van der Waals surface area (Å²) < 4.78 is 5.64. The summed E-state index contributed by atoms with van der Waals surface area (Å²) in [5.74, 6) is 0.500. The van der Waals surface area contributed by atoms with E-state index in [2.05, 4.69) is 4.90 Å². The SMILES string of the molecule is O=C(CO)N1CCN(CCOc2ccccc2Cl)CC1. The van der Waals surface area contributed by atoms with Crippen LogP contribution in [0.5, 0.6) is 5.75 Å². The zero-order valence-electron chi connectivity index (χ0n) is 11.3. The van der Waals surface area contributed by atoms with Gasteiger partial charge < -0.3 is 14.7 Å². The Hall–Kier alpha value is -1.30. The number of nitrogens with zero attached hydrogens (tertiary/aromatic N) is 2. The van der Waals surface area contributed by atoms with Gasteiger partial charge in [-0.05, 0) is 12.1 Å². The van der Waals surface area contributed by atoms with E-state index in [1.54, 1.807) is 11.0 Å². The van der Waals surface area contributed by atoms with Gasteiger partial charge in [0.25, 0.3) is 0 Å². The van der Waals surface area contributed by atoms with Crippen molar-refractivity contribution in [2.45, 2.75) is 0 Å². The standard InChI is InChI=1S/C14H19ClN2O3/c15-12-3-1-2-4-13(12)20-10-9-16-5-7-17(8-6-16)14(19)11-18/h1-4,18H,5-11H2. The predicted octanol–water partition coefficient (Wildman–Crippen LogP) is 0.855. The van der Waals surface area contributed by atoms with E-state index in [-0.39, 0.29) is 5.91 Å². The lowest BCUT2D eigenvalue weighted by Gasteiger charge is -2.34. The molecule has 0 bridgehead atoms. The van der Waals surface area contributed by atoms with Gasteiger partial charge in [0, 0.05) is 32.7 Å². The molecular weight excluding hydrogens is 280 g/mol. The average Bonchev–Trinajstić information content (AvgIpc) is 2.49. The Balaban J connectivity index is 1.69. The Morgan fingerprint density at radius 1 is 1.25 bits per heavy atom. The molecule has 0 spiro atoms. The van der Waals surface area contributed by atoms with E-state index in [1.807, 2.05) is 18.2 Å². The molecule has 1 N–H and O–H groups in total. The number of hydrogen-bond acceptors (Lipinski definition) is 4. The van der Waals surface area contributed by atoms with Crippen molar-refractivity contribution in [2.24, 2.45) is 0 Å². The molecule has 1 aliphatic rings. The first-order valence-corrected chi connectivity index (χ1v) is 7.07. The second-order valence-corrected chi connectivity index (χ2v) is 5.07. The van der Waals surface area contributed by atoms with Crippen LogP contribution in [0.2, 0.25) is 5.02 Å². The highest BCUT2D eigenvalue weighted by Gasteiger charge is 2.20. The Morgan fingerprint density at radius 3 is 2.60 bits per heavy atom. The molecule has 0 radical (unpaired) electrons. The van der Waals surface area contributed by atoms with Crippen molar-refractivity contribution < 1.29 is 14.6 Å². The van der Waals surface area contributed by atoms with Gasteiger partial charge in [0.05, 0.1) is 5.02 Å². The summed E-state index contributed by atoms with van der Waals surface area (Å²) in [7, 11) is 0. The fourth-order valence-electron chi connectivity index (χ4n) is 2.17. The van der Waals surface area contributed by atoms with Crippen molar-refractivity contribution in [2.75, 3.05) is 45.9 Å². The van der Waals surface area contributed by atoms with Crippen LogP contribution in [0.1, 0.15) is 0 Å². The second-order valence-electron chi connectivity index (χ2n) is 4.66. The summed E-state index contributed by atoms with van der Waals surface area (Å²) in [5.41, 5.74) is 0. The number of carbonyl (C=O) groups is 1. The van der Waals surface area contributed by atoms with Crippen LogP contribution in [0.15, 0.2) is 24.3 Å². The summed E-state index contributed by atoms with van der Waals surface area (Å²) in [6, 6.07) is 7.41. The van der Waals surface area contributed by atoms with Crippen LogP contribution in [0.4, 0.5) is 0 Å². The first-order chi connectivity index (χ1) is 9.70. The minimum Gasteiger partial charge on any atom is -0.491 e. The molecule has 0 saturated carbocycles. The highest BCUT2D eigenvalue weighted by molar-refractivity contribution is 6.32. The molecule has 0 aliphatic carbocycles. The molecule has 0 aromatic heterocycles. The maximum absolute atomic E-state index is 11.3. The maximum Gasteiger partial charge on any atom is 0.248 e. The highest BCUT2D eigenvalue weighted by atomic mass is 35.5. The number of halogens is 1. The zero-order valence-corrected chi connectivity index (χ0v) is 12.1. The Bertz CT molecular complexity index is 448. The summed E-state index contributed by atoms with van der Waals surface area (Å²) in [5, 5.41) is 9.43. The van der Waals surface area contributed by atoms with Crippen LogP contribution in [-0.2, 0) is 4.79 Å². The Kier molecular flexibility index (Phi) is 5.64. The van der Waals surface area contributed by atoms with Gasteiger partial charge in [-0.25, -0.2) is 0 Å². The van der Waals surface area contributed by atoms with Gasteiger partial charge in [0.15, 0.2) is 0 Å². The van der Waals surface area contributed by atoms with Gasteiger partial charge in [-0.2, -0.15) is 0 Å². The van der Waals surface area contributed by atoms with Crippen LogP contribution in [0.3, 0.4) is 0 Å². The van der Waals surface area contributed by atoms with E-state index in [9.17, 15) is 4.79 Å². The molecule has 5 nitrogen and oxygen atoms in total. The van der Waals surface area contributed by atoms with Gasteiger partial charge in [0.1, 0.15) is 19.0 Å². The third-order valence-electron chi connectivity index (χ3n) is 3.36. The number of para-hydroxylation sites is 1. The van der Waals surface area contributed by atoms with E-state index in [1.165, 1.54) is 0 Å². The highest BCUT2D eigenvalue weighted by Crippen LogP contribution is 2.22. The lowest BCUT2D eigenvalue weighted by Crippen LogP contribution is -2.50. The molecule has 1 aromatic carbocycles. The van der Waals surface area contributed by atoms with Crippen molar-refractivity contribution in [1.29, 1.82) is 0 Å². The van der Waals surface area contributed by atoms with Gasteiger partial charge in [0.2, 0.25) is 5.91 Å². The molecule has 1 aliphatic heterocycles. The number of benzene rings is 1. The van der Waals surface area contributed by atoms with Crippen LogP contribution in [0.25, 0.3) is 0 Å². The average molecular weight is 299 g/mol. The third kappa shape index (κ3) is 4.10. The van der Waals surface area contributed by atoms with Crippen LogP contribution in [-0.4, -0.2) is 66.8 Å². The third-order valence-corrected chi connectivity index (χ3v) is 3.67. The van der Waals surface area contributed by atoms with Crippen molar-refractivity contribution in [3.63, 3.8) is 0 Å². The predicted molar refractivity (Wildman–Crippen MR) is 77.1 cm³/mol. The number of aliphatic hydroxyl groups excluding tert-OH is 1. The molecule has 110 valence electrons.